The van der Waals surface area contributed by atoms with E-state index in [0.717, 1.165) is 64.8 Å². The second kappa shape index (κ2) is 10.9. The molecule has 0 heterocycles. The Labute approximate surface area is 235 Å². The third kappa shape index (κ3) is 5.22. The summed E-state index contributed by atoms with van der Waals surface area (Å²) in [6, 6.07) is 15.3. The number of fused-ring (bicyclic) bond motifs is 1. The van der Waals surface area contributed by atoms with Crippen LogP contribution in [-0.2, 0) is 16.0 Å². The topological polar surface area (TPSA) is 65.0 Å². The van der Waals surface area contributed by atoms with Gasteiger partial charge in [-0.05, 0) is 128 Å². The number of hydrogen-bond donors (Lipinski definition) is 1. The van der Waals surface area contributed by atoms with E-state index in [-0.39, 0.29) is 42.4 Å². The zero-order valence-electron chi connectivity index (χ0n) is 23.4. The molecule has 6 heteroatoms. The molecule has 0 bridgehead atoms. The summed E-state index contributed by atoms with van der Waals surface area (Å²) in [7, 11) is 0. The first-order valence-electron chi connectivity index (χ1n) is 14.5. The quantitative estimate of drug-likeness (QED) is 0.279. The standard InChI is InChI=1S/C34H37FO5/c1-4-38-34(37)28-17-27(28)21-7-9-23(10-8-21)39-30-14-12-26-25(11-13-29(35)33(26)30)32-19(2)15-24(16-20(32)3)40-31(18-36)22-5-6-22/h7-11,13,15-16,22,27-28,30-31,36H,4-6,12,14,17-18H2,1-3H3/t27-,28+,30-,31?/m1/s1. The third-order valence-corrected chi connectivity index (χ3v) is 8.64. The van der Waals surface area contributed by atoms with E-state index in [1.807, 2.05) is 49.4 Å². The summed E-state index contributed by atoms with van der Waals surface area (Å²) < 4.78 is 32.9. The lowest BCUT2D eigenvalue weighted by Gasteiger charge is -2.21. The van der Waals surface area contributed by atoms with E-state index < -0.39 is 0 Å². The van der Waals surface area contributed by atoms with Crippen LogP contribution >= 0.6 is 0 Å². The first-order chi connectivity index (χ1) is 19.4. The normalized spacial score (nSPS) is 22.0. The SMILES string of the molecule is CCOC(=O)[C@H]1C[C@@H]1c1ccc(O[C@@H]2CCc3c(-c4c(C)cc(OC(CO)C5CC5)cc4C)ccc(F)c32)cc1. The lowest BCUT2D eigenvalue weighted by molar-refractivity contribution is -0.144. The van der Waals surface area contributed by atoms with Gasteiger partial charge in [0.2, 0.25) is 0 Å². The number of esters is 1. The van der Waals surface area contributed by atoms with Gasteiger partial charge in [0.05, 0.1) is 19.1 Å². The summed E-state index contributed by atoms with van der Waals surface area (Å²) >= 11 is 0. The van der Waals surface area contributed by atoms with Crippen LogP contribution in [0.25, 0.3) is 11.1 Å². The summed E-state index contributed by atoms with van der Waals surface area (Å²) in [5.41, 5.74) is 7.02. The largest absolute Gasteiger partial charge is 0.488 e. The number of aliphatic hydroxyl groups excluding tert-OH is 1. The van der Waals surface area contributed by atoms with E-state index in [1.54, 1.807) is 6.07 Å². The van der Waals surface area contributed by atoms with Crippen molar-refractivity contribution in [3.8, 4) is 22.6 Å². The summed E-state index contributed by atoms with van der Waals surface area (Å²) in [5, 5.41) is 9.73. The van der Waals surface area contributed by atoms with E-state index in [2.05, 4.69) is 13.8 Å². The van der Waals surface area contributed by atoms with E-state index in [0.29, 0.717) is 30.3 Å². The van der Waals surface area contributed by atoms with Crippen LogP contribution in [0.3, 0.4) is 0 Å². The third-order valence-electron chi connectivity index (χ3n) is 8.64. The van der Waals surface area contributed by atoms with Crippen molar-refractivity contribution in [3.05, 3.63) is 82.2 Å². The molecule has 0 radical (unpaired) electrons. The van der Waals surface area contributed by atoms with Gasteiger partial charge in [0.1, 0.15) is 29.5 Å². The first kappa shape index (κ1) is 26.8. The Morgan fingerprint density at radius 1 is 1.02 bits per heavy atom. The minimum atomic E-state index is -0.360. The van der Waals surface area contributed by atoms with E-state index in [4.69, 9.17) is 14.2 Å². The van der Waals surface area contributed by atoms with Crippen molar-refractivity contribution in [2.45, 2.75) is 71.0 Å². The molecule has 0 amide bonds. The van der Waals surface area contributed by atoms with Gasteiger partial charge in [-0.3, -0.25) is 4.79 Å². The number of aliphatic hydroxyl groups is 1. The minimum absolute atomic E-state index is 0.0226. The molecule has 1 N–H and O–H groups in total. The molecule has 3 aliphatic carbocycles. The number of rotatable bonds is 10. The minimum Gasteiger partial charge on any atom is -0.488 e. The number of halogens is 1. The molecule has 1 unspecified atom stereocenters. The van der Waals surface area contributed by atoms with Crippen LogP contribution in [-0.4, -0.2) is 30.4 Å². The van der Waals surface area contributed by atoms with Gasteiger partial charge in [0.25, 0.3) is 0 Å². The van der Waals surface area contributed by atoms with Crippen LogP contribution in [0, 0.1) is 31.5 Å². The van der Waals surface area contributed by atoms with Crippen LogP contribution in [0.4, 0.5) is 4.39 Å². The maximum atomic E-state index is 15.3. The van der Waals surface area contributed by atoms with Crippen LogP contribution in [0.15, 0.2) is 48.5 Å². The van der Waals surface area contributed by atoms with Crippen molar-refractivity contribution < 1.29 is 28.5 Å². The predicted molar refractivity (Wildman–Crippen MR) is 151 cm³/mol. The molecule has 3 aromatic rings. The Balaban J connectivity index is 1.20. The molecular weight excluding hydrogens is 507 g/mol. The lowest BCUT2D eigenvalue weighted by Crippen LogP contribution is -2.23. The Morgan fingerprint density at radius 2 is 1.75 bits per heavy atom. The highest BCUT2D eigenvalue weighted by atomic mass is 19.1. The Morgan fingerprint density at radius 3 is 2.40 bits per heavy atom. The fourth-order valence-corrected chi connectivity index (χ4v) is 6.40. The van der Waals surface area contributed by atoms with Crippen LogP contribution in [0.5, 0.6) is 11.5 Å². The van der Waals surface area contributed by atoms with Crippen LogP contribution < -0.4 is 9.47 Å². The summed E-state index contributed by atoms with van der Waals surface area (Å²) in [5.74, 6) is 1.69. The van der Waals surface area contributed by atoms with Crippen molar-refractivity contribution >= 4 is 5.97 Å². The molecule has 2 fully saturated rings. The molecule has 5 nitrogen and oxygen atoms in total. The van der Waals surface area contributed by atoms with Gasteiger partial charge in [-0.25, -0.2) is 4.39 Å². The van der Waals surface area contributed by atoms with E-state index >= 15 is 4.39 Å². The molecular formula is C34H37FO5. The fourth-order valence-electron chi connectivity index (χ4n) is 6.40. The molecule has 0 aliphatic heterocycles. The number of ether oxygens (including phenoxy) is 3. The highest BCUT2D eigenvalue weighted by Crippen LogP contribution is 2.49. The maximum Gasteiger partial charge on any atom is 0.309 e. The van der Waals surface area contributed by atoms with Gasteiger partial charge in [-0.2, -0.15) is 0 Å². The van der Waals surface area contributed by atoms with E-state index in [1.165, 1.54) is 0 Å². The lowest BCUT2D eigenvalue weighted by atomic mass is 9.90. The van der Waals surface area contributed by atoms with Gasteiger partial charge in [0.15, 0.2) is 0 Å². The molecule has 4 atom stereocenters. The molecule has 2 saturated carbocycles. The Kier molecular flexibility index (Phi) is 7.30. The second-order valence-electron chi connectivity index (χ2n) is 11.5. The van der Waals surface area contributed by atoms with Crippen molar-refractivity contribution in [2.24, 2.45) is 11.8 Å². The molecule has 3 aliphatic rings. The summed E-state index contributed by atoms with van der Waals surface area (Å²) in [6.07, 6.45) is 3.95. The average Bonchev–Trinajstić information content (AvgIpc) is 3.86. The zero-order valence-corrected chi connectivity index (χ0v) is 23.4. The summed E-state index contributed by atoms with van der Waals surface area (Å²) in [4.78, 5) is 12.0. The molecule has 0 spiro atoms. The Hall–Kier alpha value is -3.38. The number of carbonyl (C=O) groups is 1. The van der Waals surface area contributed by atoms with Crippen LogP contribution in [0.1, 0.15) is 72.4 Å². The van der Waals surface area contributed by atoms with Gasteiger partial charge in [0, 0.05) is 5.56 Å². The predicted octanol–water partition coefficient (Wildman–Crippen LogP) is 6.99. The first-order valence-corrected chi connectivity index (χ1v) is 14.5. The van der Waals surface area contributed by atoms with Crippen molar-refractivity contribution in [2.75, 3.05) is 13.2 Å². The van der Waals surface area contributed by atoms with Gasteiger partial charge >= 0.3 is 5.97 Å². The fraction of sp³-hybridized carbons (Fsp3) is 0.441. The van der Waals surface area contributed by atoms with Crippen molar-refractivity contribution in [3.63, 3.8) is 0 Å². The Bertz CT molecular complexity index is 1390. The number of benzene rings is 3. The molecule has 0 aromatic heterocycles. The molecule has 40 heavy (non-hydrogen) atoms. The summed E-state index contributed by atoms with van der Waals surface area (Å²) in [6.45, 7) is 6.38. The van der Waals surface area contributed by atoms with Crippen molar-refractivity contribution in [1.29, 1.82) is 0 Å². The molecule has 6 rings (SSSR count). The van der Waals surface area contributed by atoms with E-state index in [9.17, 15) is 9.90 Å². The van der Waals surface area contributed by atoms with Gasteiger partial charge in [-0.1, -0.05) is 18.2 Å². The highest BCUT2D eigenvalue weighted by Gasteiger charge is 2.45. The second-order valence-corrected chi connectivity index (χ2v) is 11.5. The zero-order chi connectivity index (χ0) is 28.0. The number of carbonyl (C=O) groups excluding carboxylic acids is 1. The smallest absolute Gasteiger partial charge is 0.309 e. The monoisotopic (exact) mass is 544 g/mol. The highest BCUT2D eigenvalue weighted by molar-refractivity contribution is 5.78. The molecule has 3 aromatic carbocycles. The number of hydrogen-bond acceptors (Lipinski definition) is 5. The van der Waals surface area contributed by atoms with Gasteiger partial charge in [-0.15, -0.1) is 0 Å². The molecule has 210 valence electrons. The van der Waals surface area contributed by atoms with Crippen LogP contribution in [0.2, 0.25) is 0 Å². The molecule has 0 saturated heterocycles. The maximum absolute atomic E-state index is 15.3. The van der Waals surface area contributed by atoms with Crippen molar-refractivity contribution in [1.82, 2.24) is 0 Å². The average molecular weight is 545 g/mol. The van der Waals surface area contributed by atoms with Gasteiger partial charge < -0.3 is 19.3 Å². The number of aryl methyl sites for hydroxylation is 2.